The highest BCUT2D eigenvalue weighted by molar-refractivity contribution is 7.99. The molecule has 2 aromatic heterocycles. The molecule has 0 fully saturated rings. The van der Waals surface area contributed by atoms with Crippen LogP contribution < -0.4 is 10.3 Å². The molecule has 0 atom stereocenters. The number of hydrogen-bond acceptors (Lipinski definition) is 6. The van der Waals surface area contributed by atoms with E-state index in [1.807, 2.05) is 72.0 Å². The number of amides is 1. The zero-order chi connectivity index (χ0) is 25.2. The molecule has 0 saturated heterocycles. The molecular formula is C27H25N5O3S. The van der Waals surface area contributed by atoms with Crippen LogP contribution in [0, 0.1) is 6.92 Å². The fraction of sp³-hybridized carbons (Fsp3) is 0.185. The van der Waals surface area contributed by atoms with Crippen molar-refractivity contribution < 1.29 is 9.53 Å². The summed E-state index contributed by atoms with van der Waals surface area (Å²) in [7, 11) is 3.38. The number of rotatable bonds is 7. The third-order valence-corrected chi connectivity index (χ3v) is 7.04. The summed E-state index contributed by atoms with van der Waals surface area (Å²) in [6.07, 6.45) is 0. The van der Waals surface area contributed by atoms with Crippen molar-refractivity contribution in [1.82, 2.24) is 24.1 Å². The largest absolute Gasteiger partial charge is 0.497 e. The highest BCUT2D eigenvalue weighted by atomic mass is 32.2. The summed E-state index contributed by atoms with van der Waals surface area (Å²) in [6, 6.07) is 22.6. The number of ether oxygens (including phenoxy) is 1. The Balaban J connectivity index is 1.51. The van der Waals surface area contributed by atoms with Crippen LogP contribution in [0.5, 0.6) is 5.75 Å². The van der Waals surface area contributed by atoms with E-state index in [1.165, 1.54) is 16.3 Å². The van der Waals surface area contributed by atoms with Gasteiger partial charge in [-0.3, -0.25) is 14.0 Å². The maximum absolute atomic E-state index is 13.5. The van der Waals surface area contributed by atoms with Gasteiger partial charge in [0, 0.05) is 19.7 Å². The third kappa shape index (κ3) is 4.33. The van der Waals surface area contributed by atoms with E-state index in [0.717, 1.165) is 11.1 Å². The molecule has 3 aromatic carbocycles. The standard InChI is InChI=1S/C27H25N5O3S/c1-18-9-4-5-10-19(18)16-30(2)24(33)17-36-27-29-28-26-31(20-11-8-12-21(15-20)35-3)25(34)22-13-6-7-14-23(22)32(26)27/h4-15H,16-17H2,1-3H3. The Morgan fingerprint density at radius 2 is 1.81 bits per heavy atom. The Morgan fingerprint density at radius 3 is 2.61 bits per heavy atom. The fourth-order valence-corrected chi connectivity index (χ4v) is 5.00. The van der Waals surface area contributed by atoms with Gasteiger partial charge in [0.15, 0.2) is 5.16 Å². The van der Waals surface area contributed by atoms with Crippen molar-refractivity contribution in [3.63, 3.8) is 0 Å². The van der Waals surface area contributed by atoms with Crippen molar-refractivity contribution in [2.45, 2.75) is 18.6 Å². The van der Waals surface area contributed by atoms with Gasteiger partial charge in [-0.25, -0.2) is 4.57 Å². The number of para-hydroxylation sites is 1. The van der Waals surface area contributed by atoms with Gasteiger partial charge in [-0.1, -0.05) is 54.2 Å². The van der Waals surface area contributed by atoms with E-state index < -0.39 is 0 Å². The first kappa shape index (κ1) is 23.6. The van der Waals surface area contributed by atoms with Gasteiger partial charge in [-0.15, -0.1) is 10.2 Å². The predicted molar refractivity (Wildman–Crippen MR) is 141 cm³/mol. The lowest BCUT2D eigenvalue weighted by Gasteiger charge is -2.18. The normalized spacial score (nSPS) is 11.2. The first-order chi connectivity index (χ1) is 17.5. The van der Waals surface area contributed by atoms with E-state index in [4.69, 9.17) is 4.74 Å². The van der Waals surface area contributed by atoms with Gasteiger partial charge in [0.25, 0.3) is 5.56 Å². The van der Waals surface area contributed by atoms with Crippen LogP contribution in [0.15, 0.2) is 82.7 Å². The SMILES string of the molecule is COc1cccc(-n2c(=O)c3ccccc3n3c(SCC(=O)N(C)Cc4ccccc4C)nnc23)c1. The van der Waals surface area contributed by atoms with Gasteiger partial charge >= 0.3 is 0 Å². The van der Waals surface area contributed by atoms with Gasteiger partial charge in [-0.05, 0) is 42.3 Å². The number of hydrogen-bond donors (Lipinski definition) is 0. The van der Waals surface area contributed by atoms with Crippen LogP contribution in [0.25, 0.3) is 22.4 Å². The first-order valence-electron chi connectivity index (χ1n) is 11.4. The molecule has 2 heterocycles. The fourth-order valence-electron chi connectivity index (χ4n) is 4.12. The molecule has 1 amide bonds. The minimum absolute atomic E-state index is 0.0228. The quantitative estimate of drug-likeness (QED) is 0.314. The molecule has 9 heteroatoms. The monoisotopic (exact) mass is 499 g/mol. The van der Waals surface area contributed by atoms with Gasteiger partial charge in [0.05, 0.1) is 29.5 Å². The number of carbonyl (C=O) groups excluding carboxylic acids is 1. The number of aromatic nitrogens is 4. The van der Waals surface area contributed by atoms with Crippen LogP contribution in [0.3, 0.4) is 0 Å². The van der Waals surface area contributed by atoms with Crippen molar-refractivity contribution in [2.75, 3.05) is 19.9 Å². The molecule has 0 N–H and O–H groups in total. The summed E-state index contributed by atoms with van der Waals surface area (Å²) in [5.74, 6) is 1.16. The van der Waals surface area contributed by atoms with Gasteiger partial charge in [0.2, 0.25) is 11.7 Å². The summed E-state index contributed by atoms with van der Waals surface area (Å²) in [5, 5.41) is 9.77. The van der Waals surface area contributed by atoms with Crippen LogP contribution in [0.2, 0.25) is 0 Å². The second-order valence-corrected chi connectivity index (χ2v) is 9.38. The highest BCUT2D eigenvalue weighted by Gasteiger charge is 2.20. The Morgan fingerprint density at radius 1 is 1.03 bits per heavy atom. The van der Waals surface area contributed by atoms with Gasteiger partial charge < -0.3 is 9.64 Å². The molecule has 0 bridgehead atoms. The minimum atomic E-state index is -0.204. The van der Waals surface area contributed by atoms with Crippen LogP contribution in [-0.2, 0) is 11.3 Å². The molecule has 5 rings (SSSR count). The lowest BCUT2D eigenvalue weighted by atomic mass is 10.1. The average Bonchev–Trinajstić information content (AvgIpc) is 3.32. The lowest BCUT2D eigenvalue weighted by molar-refractivity contribution is -0.127. The Kier molecular flexibility index (Phi) is 6.47. The average molecular weight is 500 g/mol. The summed E-state index contributed by atoms with van der Waals surface area (Å²) in [4.78, 5) is 28.1. The van der Waals surface area contributed by atoms with Crippen molar-refractivity contribution in [1.29, 1.82) is 0 Å². The molecule has 8 nitrogen and oxygen atoms in total. The minimum Gasteiger partial charge on any atom is -0.497 e. The second kappa shape index (κ2) is 9.87. The van der Waals surface area contributed by atoms with Crippen LogP contribution in [0.4, 0.5) is 0 Å². The van der Waals surface area contributed by atoms with Crippen LogP contribution in [0.1, 0.15) is 11.1 Å². The molecule has 182 valence electrons. The molecule has 0 aliphatic rings. The summed E-state index contributed by atoms with van der Waals surface area (Å²) in [6.45, 7) is 2.57. The molecule has 36 heavy (non-hydrogen) atoms. The summed E-state index contributed by atoms with van der Waals surface area (Å²) >= 11 is 1.30. The first-order valence-corrected chi connectivity index (χ1v) is 12.4. The summed E-state index contributed by atoms with van der Waals surface area (Å²) < 4.78 is 8.70. The Bertz CT molecular complexity index is 1640. The number of fused-ring (bicyclic) bond motifs is 3. The predicted octanol–water partition coefficient (Wildman–Crippen LogP) is 4.10. The number of thioether (sulfide) groups is 1. The third-order valence-electron chi connectivity index (χ3n) is 6.13. The van der Waals surface area contributed by atoms with Crippen LogP contribution in [-0.4, -0.2) is 49.9 Å². The molecule has 0 radical (unpaired) electrons. The van der Waals surface area contributed by atoms with Gasteiger partial charge in [-0.2, -0.15) is 0 Å². The number of carbonyl (C=O) groups is 1. The topological polar surface area (TPSA) is 81.7 Å². The molecule has 0 saturated carbocycles. The zero-order valence-electron chi connectivity index (χ0n) is 20.2. The Hall–Kier alpha value is -4.11. The molecule has 0 aliphatic heterocycles. The van der Waals surface area contributed by atoms with E-state index in [0.29, 0.717) is 39.8 Å². The van der Waals surface area contributed by atoms with Crippen molar-refractivity contribution in [3.05, 3.63) is 94.3 Å². The summed E-state index contributed by atoms with van der Waals surface area (Å²) in [5.41, 5.74) is 3.36. The second-order valence-electron chi connectivity index (χ2n) is 8.44. The maximum Gasteiger partial charge on any atom is 0.267 e. The van der Waals surface area contributed by atoms with Crippen molar-refractivity contribution >= 4 is 34.3 Å². The Labute approximate surface area is 212 Å². The van der Waals surface area contributed by atoms with E-state index in [2.05, 4.69) is 10.2 Å². The molecular weight excluding hydrogens is 474 g/mol. The van der Waals surface area contributed by atoms with E-state index in [1.54, 1.807) is 31.2 Å². The molecule has 5 aromatic rings. The van der Waals surface area contributed by atoms with E-state index in [-0.39, 0.29) is 17.2 Å². The van der Waals surface area contributed by atoms with E-state index >= 15 is 0 Å². The van der Waals surface area contributed by atoms with Crippen molar-refractivity contribution in [2.24, 2.45) is 0 Å². The number of nitrogens with zero attached hydrogens (tertiary/aromatic N) is 5. The van der Waals surface area contributed by atoms with Crippen molar-refractivity contribution in [3.8, 4) is 11.4 Å². The molecule has 0 spiro atoms. The number of aryl methyl sites for hydroxylation is 1. The van der Waals surface area contributed by atoms with Gasteiger partial charge in [0.1, 0.15) is 5.75 Å². The highest BCUT2D eigenvalue weighted by Crippen LogP contribution is 2.25. The number of benzene rings is 3. The number of methoxy groups -OCH3 is 1. The van der Waals surface area contributed by atoms with Crippen LogP contribution >= 0.6 is 11.8 Å². The smallest absolute Gasteiger partial charge is 0.267 e. The lowest BCUT2D eigenvalue weighted by Crippen LogP contribution is -2.28. The maximum atomic E-state index is 13.5. The molecule has 0 aliphatic carbocycles. The molecule has 0 unspecified atom stereocenters. The zero-order valence-corrected chi connectivity index (χ0v) is 21.0. The van der Waals surface area contributed by atoms with E-state index in [9.17, 15) is 9.59 Å².